The number of carbonyl (C=O) groups excluding carboxylic acids is 2. The van der Waals surface area contributed by atoms with E-state index in [1.165, 1.54) is 0 Å². The van der Waals surface area contributed by atoms with Crippen LogP contribution in [-0.2, 0) is 22.6 Å². The van der Waals surface area contributed by atoms with Crippen molar-refractivity contribution in [1.82, 2.24) is 10.2 Å². The number of ether oxygens (including phenoxy) is 1. The third-order valence-electron chi connectivity index (χ3n) is 6.22. The van der Waals surface area contributed by atoms with Crippen LogP contribution in [0.3, 0.4) is 0 Å². The zero-order chi connectivity index (χ0) is 26.9. The van der Waals surface area contributed by atoms with Crippen LogP contribution in [0.4, 0.5) is 0 Å². The van der Waals surface area contributed by atoms with Gasteiger partial charge in [0.25, 0.3) is 5.91 Å². The van der Waals surface area contributed by atoms with E-state index < -0.39 is 6.04 Å². The first-order chi connectivity index (χ1) is 17.7. The minimum atomic E-state index is -0.761. The average molecular weight is 542 g/mol. The molecule has 0 heterocycles. The zero-order valence-corrected chi connectivity index (χ0v) is 23.3. The van der Waals surface area contributed by atoms with Gasteiger partial charge in [-0.3, -0.25) is 9.59 Å². The molecular weight excluding hydrogens is 507 g/mol. The highest BCUT2D eigenvalue weighted by molar-refractivity contribution is 6.35. The normalized spacial score (nSPS) is 11.8. The minimum absolute atomic E-state index is 0.137. The fourth-order valence-electron chi connectivity index (χ4n) is 3.91. The van der Waals surface area contributed by atoms with E-state index in [-0.39, 0.29) is 30.9 Å². The molecule has 1 atom stereocenters. The summed E-state index contributed by atoms with van der Waals surface area (Å²) in [6.07, 6.45) is 0.352. The smallest absolute Gasteiger partial charge is 0.261 e. The molecule has 7 heteroatoms. The van der Waals surface area contributed by atoms with Crippen LogP contribution in [0.25, 0.3) is 0 Å². The number of rotatable bonds is 11. The highest BCUT2D eigenvalue weighted by Gasteiger charge is 2.31. The topological polar surface area (TPSA) is 58.6 Å². The number of halogens is 2. The number of aryl methyl sites for hydroxylation is 1. The molecule has 0 unspecified atom stereocenters. The Labute approximate surface area is 229 Å². The molecule has 1 N–H and O–H groups in total. The van der Waals surface area contributed by atoms with Crippen LogP contribution < -0.4 is 10.1 Å². The Hall–Kier alpha value is -3.02. The van der Waals surface area contributed by atoms with Gasteiger partial charge in [0.15, 0.2) is 6.61 Å². The summed E-state index contributed by atoms with van der Waals surface area (Å²) in [5.41, 5.74) is 3.69. The number of nitrogens with zero attached hydrogens (tertiary/aromatic N) is 1. The molecule has 3 rings (SSSR count). The summed E-state index contributed by atoms with van der Waals surface area (Å²) >= 11 is 12.6. The molecular formula is C30H34Cl2N2O3. The molecule has 3 aromatic carbocycles. The first-order valence-corrected chi connectivity index (χ1v) is 13.1. The third kappa shape index (κ3) is 8.24. The molecule has 0 aromatic heterocycles. The van der Waals surface area contributed by atoms with Crippen LogP contribution in [0.15, 0.2) is 66.7 Å². The second-order valence-corrected chi connectivity index (χ2v) is 10.4. The van der Waals surface area contributed by atoms with Gasteiger partial charge < -0.3 is 15.0 Å². The Balaban J connectivity index is 1.95. The minimum Gasteiger partial charge on any atom is -0.483 e. The standard InChI is InChI=1S/C30H34Cl2N2O3/c1-20(2)17-33-30(36)27(15-23-10-6-5-7-11-23)34(18-24-13-14-25(31)16-26(24)32)29(35)19-37-28-12-8-9-21(3)22(28)4/h5-14,16,20,27H,15,17-19H2,1-4H3,(H,33,36)/t27-/m1/s1. The highest BCUT2D eigenvalue weighted by atomic mass is 35.5. The van der Waals surface area contributed by atoms with Crippen LogP contribution >= 0.6 is 23.2 Å². The summed E-state index contributed by atoms with van der Waals surface area (Å²) < 4.78 is 5.95. The number of benzene rings is 3. The Bertz CT molecular complexity index is 1210. The second kappa shape index (κ2) is 13.5. The van der Waals surface area contributed by atoms with E-state index in [1.54, 1.807) is 23.1 Å². The summed E-state index contributed by atoms with van der Waals surface area (Å²) in [5.74, 6) is 0.376. The molecule has 0 aliphatic carbocycles. The number of amides is 2. The van der Waals surface area contributed by atoms with Crippen LogP contribution in [0, 0.1) is 19.8 Å². The molecule has 0 spiro atoms. The van der Waals surface area contributed by atoms with Gasteiger partial charge in [0.2, 0.25) is 5.91 Å². The predicted molar refractivity (Wildman–Crippen MR) is 150 cm³/mol. The van der Waals surface area contributed by atoms with E-state index in [0.717, 1.165) is 16.7 Å². The van der Waals surface area contributed by atoms with Gasteiger partial charge in [-0.1, -0.05) is 85.6 Å². The molecule has 3 aromatic rings. The first kappa shape index (κ1) is 28.5. The van der Waals surface area contributed by atoms with Crippen molar-refractivity contribution in [2.24, 2.45) is 5.92 Å². The lowest BCUT2D eigenvalue weighted by Gasteiger charge is -2.32. The van der Waals surface area contributed by atoms with Crippen LogP contribution in [-0.4, -0.2) is 35.9 Å². The lowest BCUT2D eigenvalue weighted by molar-refractivity contribution is -0.142. The largest absolute Gasteiger partial charge is 0.483 e. The summed E-state index contributed by atoms with van der Waals surface area (Å²) in [4.78, 5) is 28.8. The predicted octanol–water partition coefficient (Wildman–Crippen LogP) is 6.40. The van der Waals surface area contributed by atoms with Gasteiger partial charge in [0.05, 0.1) is 0 Å². The van der Waals surface area contributed by atoms with E-state index in [9.17, 15) is 9.59 Å². The fraction of sp³-hybridized carbons (Fsp3) is 0.333. The number of carbonyl (C=O) groups is 2. The number of hydrogen-bond donors (Lipinski definition) is 1. The Morgan fingerprint density at radius 1 is 0.973 bits per heavy atom. The molecule has 0 aliphatic rings. The molecule has 0 saturated heterocycles. The van der Waals surface area contributed by atoms with Crippen LogP contribution in [0.5, 0.6) is 5.75 Å². The Morgan fingerprint density at radius 2 is 1.70 bits per heavy atom. The number of hydrogen-bond acceptors (Lipinski definition) is 3. The van der Waals surface area contributed by atoms with Gasteiger partial charge in [-0.25, -0.2) is 0 Å². The molecule has 0 fully saturated rings. The van der Waals surface area contributed by atoms with Crippen molar-refractivity contribution in [3.8, 4) is 5.75 Å². The van der Waals surface area contributed by atoms with Crippen molar-refractivity contribution >= 4 is 35.0 Å². The van der Waals surface area contributed by atoms with E-state index in [4.69, 9.17) is 27.9 Å². The van der Waals surface area contributed by atoms with E-state index in [0.29, 0.717) is 34.3 Å². The molecule has 2 amide bonds. The van der Waals surface area contributed by atoms with Crippen molar-refractivity contribution in [2.75, 3.05) is 13.2 Å². The summed E-state index contributed by atoms with van der Waals surface area (Å²) in [5, 5.41) is 3.94. The zero-order valence-electron chi connectivity index (χ0n) is 21.8. The molecule has 37 heavy (non-hydrogen) atoms. The molecule has 196 valence electrons. The van der Waals surface area contributed by atoms with Crippen molar-refractivity contribution < 1.29 is 14.3 Å². The average Bonchev–Trinajstić information content (AvgIpc) is 2.87. The number of nitrogens with one attached hydrogen (secondary N) is 1. The van der Waals surface area contributed by atoms with Crippen molar-refractivity contribution in [1.29, 1.82) is 0 Å². The van der Waals surface area contributed by atoms with Gasteiger partial charge in [-0.2, -0.15) is 0 Å². The second-order valence-electron chi connectivity index (χ2n) is 9.59. The maximum absolute atomic E-state index is 13.7. The summed E-state index contributed by atoms with van der Waals surface area (Å²) in [6.45, 7) is 8.44. The Morgan fingerprint density at radius 3 is 2.38 bits per heavy atom. The first-order valence-electron chi connectivity index (χ1n) is 12.4. The Kier molecular flexibility index (Phi) is 10.4. The highest BCUT2D eigenvalue weighted by Crippen LogP contribution is 2.25. The maximum Gasteiger partial charge on any atom is 0.261 e. The van der Waals surface area contributed by atoms with E-state index in [1.807, 2.05) is 76.2 Å². The quantitative estimate of drug-likeness (QED) is 0.306. The van der Waals surface area contributed by atoms with Crippen LogP contribution in [0.1, 0.15) is 36.1 Å². The van der Waals surface area contributed by atoms with Crippen LogP contribution in [0.2, 0.25) is 10.0 Å². The van der Waals surface area contributed by atoms with Gasteiger partial charge >= 0.3 is 0 Å². The van der Waals surface area contributed by atoms with Crippen molar-refractivity contribution in [3.63, 3.8) is 0 Å². The third-order valence-corrected chi connectivity index (χ3v) is 6.80. The van der Waals surface area contributed by atoms with Crippen molar-refractivity contribution in [2.45, 2.75) is 46.7 Å². The summed E-state index contributed by atoms with van der Waals surface area (Å²) in [6, 6.07) is 19.8. The molecule has 0 aliphatic heterocycles. The summed E-state index contributed by atoms with van der Waals surface area (Å²) in [7, 11) is 0. The lowest BCUT2D eigenvalue weighted by atomic mass is 10.0. The SMILES string of the molecule is Cc1cccc(OCC(=O)N(Cc2ccc(Cl)cc2Cl)[C@H](Cc2ccccc2)C(=O)NCC(C)C)c1C. The molecule has 0 bridgehead atoms. The maximum atomic E-state index is 13.7. The van der Waals surface area contributed by atoms with E-state index >= 15 is 0 Å². The lowest BCUT2D eigenvalue weighted by Crippen LogP contribution is -2.52. The van der Waals surface area contributed by atoms with Crippen molar-refractivity contribution in [3.05, 3.63) is 99.0 Å². The van der Waals surface area contributed by atoms with Gasteiger partial charge in [0.1, 0.15) is 11.8 Å². The molecule has 0 saturated carbocycles. The molecule has 0 radical (unpaired) electrons. The van der Waals surface area contributed by atoms with E-state index in [2.05, 4.69) is 5.32 Å². The van der Waals surface area contributed by atoms with Gasteiger partial charge in [-0.05, 0) is 60.2 Å². The van der Waals surface area contributed by atoms with Gasteiger partial charge in [-0.15, -0.1) is 0 Å². The molecule has 5 nitrogen and oxygen atoms in total. The fourth-order valence-corrected chi connectivity index (χ4v) is 4.38. The van der Waals surface area contributed by atoms with Gasteiger partial charge in [0, 0.05) is 29.6 Å². The monoisotopic (exact) mass is 540 g/mol.